The number of methoxy groups -OCH3 is 1. The average Bonchev–Trinajstić information content (AvgIpc) is 4.02. The number of benzene rings is 1. The van der Waals surface area contributed by atoms with Crippen molar-refractivity contribution in [3.63, 3.8) is 0 Å². The van der Waals surface area contributed by atoms with E-state index in [4.69, 9.17) is 14.2 Å². The zero-order valence-electron chi connectivity index (χ0n) is 32.8. The second-order valence-corrected chi connectivity index (χ2v) is 18.8. The summed E-state index contributed by atoms with van der Waals surface area (Å²) in [6.07, 6.45) is 0.197. The Morgan fingerprint density at radius 3 is 2.39 bits per heavy atom. The summed E-state index contributed by atoms with van der Waals surface area (Å²) in [5, 5.41) is 6.44. The van der Waals surface area contributed by atoms with Gasteiger partial charge in [0.15, 0.2) is 0 Å². The number of aromatic nitrogens is 1. The SMILES string of the molecule is COc1cnc(O[C@@H]2C[C@H]3C(=O)N[C@]4(C(=O)NS(=O)(=O)C5(C)CC5)C[C@H]4/C=C\[C@H](C)CCC[C@@H](C)[C@H](NC(=O)OC(C)(C)C(F)(F)F)C(=O)N3C2)c2ccccc12. The highest BCUT2D eigenvalue weighted by Crippen LogP contribution is 2.48. The summed E-state index contributed by atoms with van der Waals surface area (Å²) in [6.45, 7) is 6.33. The van der Waals surface area contributed by atoms with Crippen LogP contribution in [0, 0.1) is 17.8 Å². The van der Waals surface area contributed by atoms with Gasteiger partial charge in [-0.15, -0.1) is 0 Å². The van der Waals surface area contributed by atoms with Crippen LogP contribution in [0.4, 0.5) is 18.0 Å². The zero-order valence-corrected chi connectivity index (χ0v) is 33.6. The maximum atomic E-state index is 14.7. The number of carbonyl (C=O) groups is 4. The molecule has 18 heteroatoms. The molecule has 1 aromatic heterocycles. The lowest BCUT2D eigenvalue weighted by atomic mass is 9.92. The van der Waals surface area contributed by atoms with Crippen LogP contribution in [0.1, 0.15) is 79.6 Å². The van der Waals surface area contributed by atoms with Crippen molar-refractivity contribution >= 4 is 44.6 Å². The highest BCUT2D eigenvalue weighted by molar-refractivity contribution is 7.91. The van der Waals surface area contributed by atoms with Crippen LogP contribution in [0.3, 0.4) is 0 Å². The van der Waals surface area contributed by atoms with E-state index in [9.17, 15) is 40.8 Å². The van der Waals surface area contributed by atoms with Crippen LogP contribution in [0.15, 0.2) is 42.6 Å². The molecule has 6 rings (SSSR count). The number of alkyl carbamates (subject to hydrolysis) is 1. The fourth-order valence-electron chi connectivity index (χ4n) is 7.42. The fraction of sp³-hybridized carbons (Fsp3) is 0.615. The minimum Gasteiger partial charge on any atom is -0.494 e. The van der Waals surface area contributed by atoms with E-state index in [1.54, 1.807) is 25.1 Å². The van der Waals surface area contributed by atoms with E-state index >= 15 is 0 Å². The maximum Gasteiger partial charge on any atom is 0.427 e. The largest absolute Gasteiger partial charge is 0.494 e. The number of sulfonamides is 1. The number of carbonyl (C=O) groups excluding carboxylic acids is 4. The number of halogens is 3. The van der Waals surface area contributed by atoms with E-state index in [1.807, 2.05) is 25.1 Å². The molecular weight excluding hydrogens is 772 g/mol. The summed E-state index contributed by atoms with van der Waals surface area (Å²) in [5.74, 6) is -2.99. The lowest BCUT2D eigenvalue weighted by Gasteiger charge is -2.33. The monoisotopic (exact) mass is 821 g/mol. The predicted molar refractivity (Wildman–Crippen MR) is 201 cm³/mol. The Kier molecular flexibility index (Phi) is 11.3. The van der Waals surface area contributed by atoms with E-state index in [-0.39, 0.29) is 31.2 Å². The van der Waals surface area contributed by atoms with Crippen LogP contribution in [-0.2, 0) is 29.1 Å². The Hall–Kier alpha value is -4.61. The molecule has 0 unspecified atom stereocenters. The number of amides is 4. The van der Waals surface area contributed by atoms with Crippen LogP contribution in [0.25, 0.3) is 10.8 Å². The summed E-state index contributed by atoms with van der Waals surface area (Å²) >= 11 is 0. The van der Waals surface area contributed by atoms with Gasteiger partial charge in [-0.25, -0.2) is 18.2 Å². The molecule has 3 fully saturated rings. The van der Waals surface area contributed by atoms with Crippen molar-refractivity contribution in [3.05, 3.63) is 42.6 Å². The third-order valence-electron chi connectivity index (χ3n) is 11.8. The molecule has 1 saturated heterocycles. The Bertz CT molecular complexity index is 2060. The highest BCUT2D eigenvalue weighted by Gasteiger charge is 2.63. The van der Waals surface area contributed by atoms with Crippen molar-refractivity contribution in [3.8, 4) is 11.6 Å². The van der Waals surface area contributed by atoms with Crippen molar-refractivity contribution in [2.45, 2.75) is 120 Å². The van der Waals surface area contributed by atoms with Crippen LogP contribution in [-0.4, -0.2) is 96.0 Å². The van der Waals surface area contributed by atoms with Gasteiger partial charge >= 0.3 is 12.3 Å². The van der Waals surface area contributed by atoms with Gasteiger partial charge in [0.1, 0.15) is 29.5 Å². The third-order valence-corrected chi connectivity index (χ3v) is 14.0. The fourth-order valence-corrected chi connectivity index (χ4v) is 8.73. The van der Waals surface area contributed by atoms with Gasteiger partial charge in [0.2, 0.25) is 33.3 Å². The topological polar surface area (TPSA) is 182 Å². The Balaban J connectivity index is 1.35. The molecule has 2 saturated carbocycles. The van der Waals surface area contributed by atoms with Gasteiger partial charge in [-0.1, -0.05) is 50.6 Å². The first kappa shape index (κ1) is 42.0. The molecule has 2 aliphatic heterocycles. The van der Waals surface area contributed by atoms with Crippen molar-refractivity contribution in [1.29, 1.82) is 0 Å². The quantitative estimate of drug-likeness (QED) is 0.310. The standard InChI is InChI=1S/C39H50F3N5O9S/c1-22-10-9-11-23(2)30(44-35(51)56-36(3,4)39(40,41)42)33(49)47-21-25(55-32-27-13-8-7-12-26(27)29(54-6)20-43-32)18-28(47)31(48)45-38(19-24(38)15-14-22)34(50)46-57(52,53)37(5)16-17-37/h7-8,12-15,20,22-25,28,30H,9-11,16-19,21H2,1-6H3,(H,44,51)(H,45,48)(H,46,50)/b15-14-/t22-,23-,24-,25-,28+,30+,38-/m1/s1. The summed E-state index contributed by atoms with van der Waals surface area (Å²) in [6, 6.07) is 4.41. The number of rotatable bonds is 8. The first-order valence-corrected chi connectivity index (χ1v) is 20.6. The predicted octanol–water partition coefficient (Wildman–Crippen LogP) is 4.91. The minimum atomic E-state index is -4.91. The van der Waals surface area contributed by atoms with Gasteiger partial charge in [-0.2, -0.15) is 13.2 Å². The Morgan fingerprint density at radius 1 is 1.05 bits per heavy atom. The molecule has 3 heterocycles. The van der Waals surface area contributed by atoms with Gasteiger partial charge < -0.3 is 29.7 Å². The van der Waals surface area contributed by atoms with Crippen LogP contribution in [0.2, 0.25) is 0 Å². The van der Waals surface area contributed by atoms with Crippen molar-refractivity contribution in [1.82, 2.24) is 25.2 Å². The second-order valence-electron chi connectivity index (χ2n) is 16.6. The van der Waals surface area contributed by atoms with E-state index in [2.05, 4.69) is 20.3 Å². The first-order valence-electron chi connectivity index (χ1n) is 19.1. The molecule has 3 N–H and O–H groups in total. The number of allylic oxidation sites excluding steroid dienone is 1. The smallest absolute Gasteiger partial charge is 0.427 e. The number of nitrogens with one attached hydrogen (secondary N) is 3. The summed E-state index contributed by atoms with van der Waals surface area (Å²) in [7, 11) is -2.58. The minimum absolute atomic E-state index is 0.0307. The number of hydrogen-bond acceptors (Lipinski definition) is 10. The number of hydrogen-bond donors (Lipinski definition) is 3. The maximum absolute atomic E-state index is 14.7. The van der Waals surface area contributed by atoms with E-state index < -0.39 is 85.9 Å². The highest BCUT2D eigenvalue weighted by atomic mass is 32.2. The summed E-state index contributed by atoms with van der Waals surface area (Å²) in [5.41, 5.74) is -4.53. The Morgan fingerprint density at radius 2 is 1.74 bits per heavy atom. The Labute approximate surface area is 329 Å². The molecule has 7 atom stereocenters. The number of fused-ring (bicyclic) bond motifs is 3. The van der Waals surface area contributed by atoms with Gasteiger partial charge in [0, 0.05) is 23.1 Å². The number of alkyl halides is 3. The molecule has 312 valence electrons. The van der Waals surface area contributed by atoms with Crippen LogP contribution < -0.4 is 24.8 Å². The molecule has 2 aliphatic carbocycles. The van der Waals surface area contributed by atoms with Crippen LogP contribution >= 0.6 is 0 Å². The first-order chi connectivity index (χ1) is 26.6. The normalized spacial score (nSPS) is 29.7. The summed E-state index contributed by atoms with van der Waals surface area (Å²) in [4.78, 5) is 61.8. The zero-order chi connectivity index (χ0) is 41.7. The number of ether oxygens (including phenoxy) is 3. The lowest BCUT2D eigenvalue weighted by Crippen LogP contribution is -2.59. The molecule has 0 bridgehead atoms. The van der Waals surface area contributed by atoms with E-state index in [1.165, 1.54) is 25.1 Å². The summed E-state index contributed by atoms with van der Waals surface area (Å²) < 4.78 is 85.2. The molecular formula is C39H50F3N5O9S. The average molecular weight is 822 g/mol. The molecule has 0 spiro atoms. The van der Waals surface area contributed by atoms with E-state index in [0.29, 0.717) is 62.5 Å². The molecule has 57 heavy (non-hydrogen) atoms. The van der Waals surface area contributed by atoms with Gasteiger partial charge in [-0.3, -0.25) is 19.1 Å². The third kappa shape index (κ3) is 8.51. The molecule has 4 amide bonds. The van der Waals surface area contributed by atoms with Crippen molar-refractivity contribution in [2.75, 3.05) is 13.7 Å². The van der Waals surface area contributed by atoms with Crippen LogP contribution in [0.5, 0.6) is 11.6 Å². The van der Waals surface area contributed by atoms with Gasteiger partial charge in [0.25, 0.3) is 5.91 Å². The molecule has 2 aromatic rings. The number of pyridine rings is 1. The lowest BCUT2D eigenvalue weighted by molar-refractivity contribution is -0.244. The molecule has 0 radical (unpaired) electrons. The van der Waals surface area contributed by atoms with E-state index in [0.717, 1.165) is 0 Å². The number of nitrogens with zero attached hydrogens (tertiary/aromatic N) is 2. The molecule has 14 nitrogen and oxygen atoms in total. The molecule has 4 aliphatic rings. The van der Waals surface area contributed by atoms with Gasteiger partial charge in [-0.05, 0) is 70.8 Å². The van der Waals surface area contributed by atoms with Crippen molar-refractivity contribution < 1.29 is 55.0 Å². The second kappa shape index (κ2) is 15.3. The van der Waals surface area contributed by atoms with Gasteiger partial charge in [0.05, 0.1) is 24.6 Å². The van der Waals surface area contributed by atoms with Crippen molar-refractivity contribution in [2.24, 2.45) is 17.8 Å². The molecule has 1 aromatic carbocycles.